The van der Waals surface area contributed by atoms with Gasteiger partial charge in [0, 0.05) is 47.3 Å². The van der Waals surface area contributed by atoms with E-state index in [0.717, 1.165) is 71.4 Å². The molecule has 0 radical (unpaired) electrons. The molecule has 0 saturated carbocycles. The van der Waals surface area contributed by atoms with E-state index >= 15 is 0 Å². The molecule has 0 aliphatic rings. The number of thiophene rings is 1. The van der Waals surface area contributed by atoms with Gasteiger partial charge in [0.2, 0.25) is 11.9 Å². The molecule has 0 bridgehead atoms. The van der Waals surface area contributed by atoms with Crippen LogP contribution in [0.15, 0.2) is 212 Å². The number of aromatic nitrogens is 5. The van der Waals surface area contributed by atoms with Gasteiger partial charge in [0.25, 0.3) is 0 Å². The molecule has 0 amide bonds. The summed E-state index contributed by atoms with van der Waals surface area (Å²) in [7, 11) is 0. The predicted octanol–water partition coefficient (Wildman–Crippen LogP) is 15.1. The van der Waals surface area contributed by atoms with Gasteiger partial charge in [0.1, 0.15) is 0 Å². The minimum absolute atomic E-state index is 0.554. The molecular weight excluding hydrogens is 787 g/mol. The Hall–Kier alpha value is -8.19. The fraction of sp³-hybridized carbons (Fsp3) is 0. The predicted molar refractivity (Wildman–Crippen MR) is 263 cm³/mol. The van der Waals surface area contributed by atoms with Crippen LogP contribution < -0.4 is 0 Å². The van der Waals surface area contributed by atoms with E-state index in [1.807, 2.05) is 11.3 Å². The van der Waals surface area contributed by atoms with Crippen molar-refractivity contribution >= 4 is 75.1 Å². The van der Waals surface area contributed by atoms with E-state index in [4.69, 9.17) is 15.0 Å². The fourth-order valence-corrected chi connectivity index (χ4v) is 10.6. The van der Waals surface area contributed by atoms with Crippen molar-refractivity contribution in [2.24, 2.45) is 0 Å². The Balaban J connectivity index is 0.981. The van der Waals surface area contributed by atoms with Gasteiger partial charge in [-0.25, -0.2) is 0 Å². The molecule has 0 fully saturated rings. The Bertz CT molecular complexity index is 3860. The zero-order chi connectivity index (χ0) is 41.4. The minimum Gasteiger partial charge on any atom is -0.278 e. The first kappa shape index (κ1) is 35.6. The van der Waals surface area contributed by atoms with E-state index in [9.17, 15) is 0 Å². The first-order valence-electron chi connectivity index (χ1n) is 21.2. The second-order valence-corrected chi connectivity index (χ2v) is 17.1. The minimum atomic E-state index is 0.554. The average Bonchev–Trinajstić information content (AvgIpc) is 4.01. The summed E-state index contributed by atoms with van der Waals surface area (Å²) in [5.41, 5.74) is 11.9. The smallest absolute Gasteiger partial charge is 0.240 e. The van der Waals surface area contributed by atoms with E-state index in [1.54, 1.807) is 0 Å². The van der Waals surface area contributed by atoms with E-state index < -0.39 is 0 Å². The van der Waals surface area contributed by atoms with Crippen LogP contribution in [0.4, 0.5) is 0 Å². The third-order valence-corrected chi connectivity index (χ3v) is 13.6. The second-order valence-electron chi connectivity index (χ2n) is 16.0. The van der Waals surface area contributed by atoms with Crippen LogP contribution in [0.25, 0.3) is 120 Å². The third kappa shape index (κ3) is 5.80. The molecule has 0 unspecified atom stereocenters. The Labute approximate surface area is 366 Å². The molecule has 13 rings (SSSR count). The number of hydrogen-bond donors (Lipinski definition) is 0. The molecule has 13 aromatic rings. The number of fused-ring (bicyclic) bond motifs is 9. The maximum absolute atomic E-state index is 5.40. The molecule has 0 atom stereocenters. The van der Waals surface area contributed by atoms with Gasteiger partial charge in [0.05, 0.1) is 22.1 Å². The lowest BCUT2D eigenvalue weighted by Crippen LogP contribution is -2.10. The molecule has 9 aromatic carbocycles. The zero-order valence-corrected chi connectivity index (χ0v) is 34.7. The summed E-state index contributed by atoms with van der Waals surface area (Å²) in [6, 6.07) is 75.7. The Morgan fingerprint density at radius 2 is 0.698 bits per heavy atom. The number of para-hydroxylation sites is 3. The molecule has 0 spiro atoms. The Morgan fingerprint density at radius 1 is 0.270 bits per heavy atom. The first-order valence-corrected chi connectivity index (χ1v) is 22.0. The number of benzene rings is 9. The summed E-state index contributed by atoms with van der Waals surface area (Å²) in [6.45, 7) is 0. The molecule has 294 valence electrons. The first-order chi connectivity index (χ1) is 31.2. The highest BCUT2D eigenvalue weighted by Gasteiger charge is 2.21. The summed E-state index contributed by atoms with van der Waals surface area (Å²) >= 11 is 1.85. The van der Waals surface area contributed by atoms with Crippen molar-refractivity contribution in [3.8, 4) is 56.7 Å². The van der Waals surface area contributed by atoms with Gasteiger partial charge in [-0.1, -0.05) is 170 Å². The van der Waals surface area contributed by atoms with Crippen molar-refractivity contribution in [3.05, 3.63) is 212 Å². The lowest BCUT2D eigenvalue weighted by Gasteiger charge is -2.13. The average molecular weight is 822 g/mol. The number of rotatable bonds is 6. The molecule has 0 N–H and O–H groups in total. The van der Waals surface area contributed by atoms with Crippen molar-refractivity contribution in [3.63, 3.8) is 0 Å². The van der Waals surface area contributed by atoms with Gasteiger partial charge < -0.3 is 0 Å². The van der Waals surface area contributed by atoms with Crippen LogP contribution >= 0.6 is 11.3 Å². The lowest BCUT2D eigenvalue weighted by molar-refractivity contribution is 0.893. The monoisotopic (exact) mass is 821 g/mol. The molecule has 0 aliphatic heterocycles. The molecule has 5 nitrogen and oxygen atoms in total. The lowest BCUT2D eigenvalue weighted by atomic mass is 9.98. The van der Waals surface area contributed by atoms with Gasteiger partial charge in [-0.05, 0) is 75.8 Å². The fourth-order valence-electron chi connectivity index (χ4n) is 9.42. The van der Waals surface area contributed by atoms with Gasteiger partial charge in [-0.15, -0.1) is 11.3 Å². The summed E-state index contributed by atoms with van der Waals surface area (Å²) in [4.78, 5) is 16.1. The van der Waals surface area contributed by atoms with Gasteiger partial charge in [0.15, 0.2) is 5.82 Å². The molecule has 6 heteroatoms. The van der Waals surface area contributed by atoms with Gasteiger partial charge >= 0.3 is 0 Å². The molecule has 0 saturated heterocycles. The Kier molecular flexibility index (Phi) is 8.01. The number of hydrogen-bond acceptors (Lipinski definition) is 4. The van der Waals surface area contributed by atoms with Crippen LogP contribution in [0.2, 0.25) is 0 Å². The SMILES string of the molecule is c1ccc(-c2ccc3c4ccccc4n(-c4nc(-c5cccc(-c6ccc(-c7ccc8c(c7)sc7ccccc78)cc6)c5)nc(-n5c6ccccc6c6ccccc65)n4)c3c2)cc1. The topological polar surface area (TPSA) is 48.5 Å². The van der Waals surface area contributed by atoms with Crippen molar-refractivity contribution in [1.82, 2.24) is 24.1 Å². The summed E-state index contributed by atoms with van der Waals surface area (Å²) in [5.74, 6) is 1.71. The van der Waals surface area contributed by atoms with Gasteiger partial charge in [-0.3, -0.25) is 9.13 Å². The third-order valence-electron chi connectivity index (χ3n) is 12.4. The normalized spacial score (nSPS) is 11.8. The summed E-state index contributed by atoms with van der Waals surface area (Å²) in [5, 5.41) is 7.21. The van der Waals surface area contributed by atoms with Crippen LogP contribution in [0, 0.1) is 0 Å². The standard InChI is InChI=1S/C57H35N5S/c1-2-13-36(14-3-1)40-29-31-46-45-19-6-10-23-51(45)62(52(46)34-40)57-59-55(58-56(60-57)61-49-21-8-4-17-43(49)44-18-5-9-22-50(44)61)42-16-12-15-39(33-42)37-25-27-38(28-26-37)41-30-32-48-47-20-7-11-24-53(47)63-54(48)35-41/h1-35H. The Morgan fingerprint density at radius 3 is 1.35 bits per heavy atom. The van der Waals surface area contributed by atoms with Crippen LogP contribution in [0.5, 0.6) is 0 Å². The highest BCUT2D eigenvalue weighted by Crippen LogP contribution is 2.39. The van der Waals surface area contributed by atoms with E-state index in [0.29, 0.717) is 17.7 Å². The van der Waals surface area contributed by atoms with Crippen LogP contribution in [-0.2, 0) is 0 Å². The maximum atomic E-state index is 5.40. The summed E-state index contributed by atoms with van der Waals surface area (Å²) in [6.07, 6.45) is 0. The van der Waals surface area contributed by atoms with Crippen molar-refractivity contribution in [2.45, 2.75) is 0 Å². The summed E-state index contributed by atoms with van der Waals surface area (Å²) < 4.78 is 7.01. The molecular formula is C57H35N5S. The van der Waals surface area contributed by atoms with Crippen molar-refractivity contribution < 1.29 is 0 Å². The van der Waals surface area contributed by atoms with Crippen molar-refractivity contribution in [1.29, 1.82) is 0 Å². The van der Waals surface area contributed by atoms with E-state index in [1.165, 1.54) is 31.3 Å². The van der Waals surface area contributed by atoms with Crippen LogP contribution in [0.3, 0.4) is 0 Å². The number of nitrogens with zero attached hydrogens (tertiary/aromatic N) is 5. The van der Waals surface area contributed by atoms with E-state index in [-0.39, 0.29) is 0 Å². The maximum Gasteiger partial charge on any atom is 0.240 e. The largest absolute Gasteiger partial charge is 0.278 e. The molecule has 4 aromatic heterocycles. The zero-order valence-electron chi connectivity index (χ0n) is 33.9. The molecule has 4 heterocycles. The highest BCUT2D eigenvalue weighted by molar-refractivity contribution is 7.25. The van der Waals surface area contributed by atoms with Crippen LogP contribution in [-0.4, -0.2) is 24.1 Å². The quantitative estimate of drug-likeness (QED) is 0.168. The van der Waals surface area contributed by atoms with Crippen molar-refractivity contribution in [2.75, 3.05) is 0 Å². The molecule has 0 aliphatic carbocycles. The highest BCUT2D eigenvalue weighted by atomic mass is 32.1. The van der Waals surface area contributed by atoms with Gasteiger partial charge in [-0.2, -0.15) is 15.0 Å². The molecule has 63 heavy (non-hydrogen) atoms. The van der Waals surface area contributed by atoms with E-state index in [2.05, 4.69) is 221 Å². The van der Waals surface area contributed by atoms with Crippen LogP contribution in [0.1, 0.15) is 0 Å². The second kappa shape index (κ2) is 14.2.